The third kappa shape index (κ3) is 6.71. The third-order valence-electron chi connectivity index (χ3n) is 4.72. The molecular formula is C21H34BrN3O4Si. The van der Waals surface area contributed by atoms with Crippen LogP contribution in [0.25, 0.3) is 11.0 Å². The molecule has 2 aromatic rings. The number of ether oxygens (including phenoxy) is 2. The van der Waals surface area contributed by atoms with Crippen LogP contribution >= 0.6 is 15.9 Å². The number of fused-ring (bicyclic) bond motifs is 1. The molecule has 0 aromatic carbocycles. The summed E-state index contributed by atoms with van der Waals surface area (Å²) in [7, 11) is -1.12. The van der Waals surface area contributed by atoms with Crippen molar-refractivity contribution in [3.05, 3.63) is 22.8 Å². The Hall–Kier alpha value is -1.58. The molecule has 168 valence electrons. The summed E-state index contributed by atoms with van der Waals surface area (Å²) in [6.07, 6.45) is 0.988. The Morgan fingerprint density at radius 3 is 2.60 bits per heavy atom. The molecule has 30 heavy (non-hydrogen) atoms. The van der Waals surface area contributed by atoms with Crippen molar-refractivity contribution in [1.82, 2.24) is 14.5 Å². The van der Waals surface area contributed by atoms with E-state index in [1.807, 2.05) is 50.6 Å². The molecule has 0 spiro atoms. The monoisotopic (exact) mass is 499 g/mol. The smallest absolute Gasteiger partial charge is 0.408 e. The van der Waals surface area contributed by atoms with E-state index in [-0.39, 0.29) is 12.6 Å². The lowest BCUT2D eigenvalue weighted by atomic mass is 10.0. The van der Waals surface area contributed by atoms with E-state index in [1.54, 1.807) is 0 Å². The number of aromatic nitrogens is 2. The molecule has 7 nitrogen and oxygen atoms in total. The molecular weight excluding hydrogens is 466 g/mol. The third-order valence-corrected chi connectivity index (χ3v) is 6.99. The first-order valence-electron chi connectivity index (χ1n) is 10.2. The molecule has 1 unspecified atom stereocenters. The second kappa shape index (κ2) is 9.70. The Morgan fingerprint density at radius 1 is 1.37 bits per heavy atom. The molecule has 0 bridgehead atoms. The number of rotatable bonds is 9. The van der Waals surface area contributed by atoms with Gasteiger partial charge in [-0.2, -0.15) is 4.98 Å². The lowest BCUT2D eigenvalue weighted by Gasteiger charge is -2.37. The van der Waals surface area contributed by atoms with E-state index in [0.717, 1.165) is 28.2 Å². The zero-order valence-electron chi connectivity index (χ0n) is 19.0. The van der Waals surface area contributed by atoms with Crippen molar-refractivity contribution in [3.8, 4) is 5.88 Å². The standard InChI is InChI=1S/C21H34BrN3O4Si/c1-15(25(20(26)27)21(2,3)4)13-29-19-17(22)12-16-8-9-24(18(16)23-19)14-28-10-11-30(5,6)7/h8-9,12,15H,10-11,13-14H2,1-7H3,(H,26,27). The Bertz CT molecular complexity index is 873. The first kappa shape index (κ1) is 24.7. The van der Waals surface area contributed by atoms with Gasteiger partial charge in [0.05, 0.1) is 10.5 Å². The highest BCUT2D eigenvalue weighted by atomic mass is 79.9. The van der Waals surface area contributed by atoms with Gasteiger partial charge in [-0.05, 0) is 61.8 Å². The minimum absolute atomic E-state index is 0.202. The number of carbonyl (C=O) groups is 1. The van der Waals surface area contributed by atoms with Crippen LogP contribution in [0.4, 0.5) is 4.79 Å². The van der Waals surface area contributed by atoms with Crippen LogP contribution in [0.2, 0.25) is 25.7 Å². The van der Waals surface area contributed by atoms with Gasteiger partial charge in [0, 0.05) is 31.8 Å². The second-order valence-electron chi connectivity index (χ2n) is 9.81. The molecule has 1 N–H and O–H groups in total. The molecule has 0 aliphatic rings. The summed E-state index contributed by atoms with van der Waals surface area (Å²) >= 11 is 3.51. The van der Waals surface area contributed by atoms with Crippen molar-refractivity contribution < 1.29 is 19.4 Å². The molecule has 0 aliphatic carbocycles. The SMILES string of the molecule is CC(COc1nc2c(ccn2COCC[Si](C)(C)C)cc1Br)N(C(=O)O)C(C)(C)C. The topological polar surface area (TPSA) is 76.8 Å². The highest BCUT2D eigenvalue weighted by Gasteiger charge is 2.31. The van der Waals surface area contributed by atoms with Gasteiger partial charge >= 0.3 is 6.09 Å². The molecule has 1 atom stereocenters. The van der Waals surface area contributed by atoms with Crippen molar-refractivity contribution in [3.63, 3.8) is 0 Å². The van der Waals surface area contributed by atoms with Crippen LogP contribution in [0.1, 0.15) is 27.7 Å². The van der Waals surface area contributed by atoms with Gasteiger partial charge in [0.2, 0.25) is 5.88 Å². The highest BCUT2D eigenvalue weighted by molar-refractivity contribution is 9.10. The number of hydrogen-bond acceptors (Lipinski definition) is 4. The zero-order chi connectivity index (χ0) is 22.7. The van der Waals surface area contributed by atoms with Crippen molar-refractivity contribution >= 4 is 41.1 Å². The first-order valence-corrected chi connectivity index (χ1v) is 14.7. The molecule has 2 aromatic heterocycles. The van der Waals surface area contributed by atoms with Gasteiger partial charge in [0.25, 0.3) is 0 Å². The van der Waals surface area contributed by atoms with Crippen molar-refractivity contribution in [1.29, 1.82) is 0 Å². The van der Waals surface area contributed by atoms with E-state index in [9.17, 15) is 9.90 Å². The fraction of sp³-hybridized carbons (Fsp3) is 0.619. The van der Waals surface area contributed by atoms with Gasteiger partial charge < -0.3 is 19.1 Å². The second-order valence-corrected chi connectivity index (χ2v) is 16.3. The quantitative estimate of drug-likeness (QED) is 0.355. The molecule has 0 saturated carbocycles. The molecule has 0 radical (unpaired) electrons. The van der Waals surface area contributed by atoms with Crippen LogP contribution in [0.5, 0.6) is 5.88 Å². The van der Waals surface area contributed by atoms with E-state index in [4.69, 9.17) is 9.47 Å². The van der Waals surface area contributed by atoms with Crippen LogP contribution < -0.4 is 4.74 Å². The first-order chi connectivity index (χ1) is 13.8. The summed E-state index contributed by atoms with van der Waals surface area (Å²) in [5, 5.41) is 10.5. The fourth-order valence-corrected chi connectivity index (χ4v) is 4.43. The maximum absolute atomic E-state index is 11.7. The van der Waals surface area contributed by atoms with Crippen LogP contribution in [0.3, 0.4) is 0 Å². The van der Waals surface area contributed by atoms with Crippen LogP contribution in [0.15, 0.2) is 22.8 Å². The van der Waals surface area contributed by atoms with Gasteiger partial charge in [-0.3, -0.25) is 4.90 Å². The minimum atomic E-state index is -1.12. The van der Waals surface area contributed by atoms with Gasteiger partial charge in [0.15, 0.2) is 0 Å². The molecule has 1 amide bonds. The van der Waals surface area contributed by atoms with Crippen LogP contribution in [-0.2, 0) is 11.5 Å². The Morgan fingerprint density at radius 2 is 2.03 bits per heavy atom. The number of hydrogen-bond donors (Lipinski definition) is 1. The Balaban J connectivity index is 2.10. The van der Waals surface area contributed by atoms with Crippen LogP contribution in [0, 0.1) is 0 Å². The van der Waals surface area contributed by atoms with E-state index in [0.29, 0.717) is 12.6 Å². The van der Waals surface area contributed by atoms with Gasteiger partial charge in [-0.25, -0.2) is 4.79 Å². The summed E-state index contributed by atoms with van der Waals surface area (Å²) in [6.45, 7) is 15.8. The Kier molecular flexibility index (Phi) is 7.98. The highest BCUT2D eigenvalue weighted by Crippen LogP contribution is 2.28. The van der Waals surface area contributed by atoms with Gasteiger partial charge in [-0.1, -0.05) is 19.6 Å². The Labute approximate surface area is 188 Å². The van der Waals surface area contributed by atoms with Crippen molar-refractivity contribution in [2.24, 2.45) is 0 Å². The maximum atomic E-state index is 11.7. The lowest BCUT2D eigenvalue weighted by molar-refractivity contribution is 0.0568. The number of carboxylic acid groups (broad SMARTS) is 1. The van der Waals surface area contributed by atoms with E-state index in [2.05, 4.69) is 40.6 Å². The number of amides is 1. The summed E-state index contributed by atoms with van der Waals surface area (Å²) in [5.74, 6) is 0.440. The molecule has 9 heteroatoms. The van der Waals surface area contributed by atoms with Gasteiger partial charge in [0.1, 0.15) is 19.0 Å². The zero-order valence-corrected chi connectivity index (χ0v) is 21.6. The van der Waals surface area contributed by atoms with E-state index >= 15 is 0 Å². The normalized spacial score (nSPS) is 13.5. The summed E-state index contributed by atoms with van der Waals surface area (Å²) in [4.78, 5) is 17.7. The predicted molar refractivity (Wildman–Crippen MR) is 126 cm³/mol. The summed E-state index contributed by atoms with van der Waals surface area (Å²) < 4.78 is 14.5. The average Bonchev–Trinajstić information content (AvgIpc) is 2.95. The predicted octanol–water partition coefficient (Wildman–Crippen LogP) is 5.66. The molecule has 0 saturated heterocycles. The summed E-state index contributed by atoms with van der Waals surface area (Å²) in [6, 6.07) is 4.74. The average molecular weight is 501 g/mol. The van der Waals surface area contributed by atoms with Crippen molar-refractivity contribution in [2.45, 2.75) is 71.7 Å². The van der Waals surface area contributed by atoms with E-state index < -0.39 is 19.7 Å². The number of halogens is 1. The summed E-state index contributed by atoms with van der Waals surface area (Å²) in [5.41, 5.74) is 0.255. The van der Waals surface area contributed by atoms with Crippen molar-refractivity contribution in [2.75, 3.05) is 13.2 Å². The fourth-order valence-electron chi connectivity index (χ4n) is 3.23. The van der Waals surface area contributed by atoms with E-state index in [1.165, 1.54) is 4.90 Å². The maximum Gasteiger partial charge on any atom is 0.408 e. The molecule has 2 rings (SSSR count). The van der Waals surface area contributed by atoms with Gasteiger partial charge in [-0.15, -0.1) is 0 Å². The number of pyridine rings is 1. The largest absolute Gasteiger partial charge is 0.475 e. The van der Waals surface area contributed by atoms with Crippen LogP contribution in [-0.4, -0.2) is 58.5 Å². The lowest BCUT2D eigenvalue weighted by Crippen LogP contribution is -2.52. The number of nitrogens with zero attached hydrogens (tertiary/aromatic N) is 3. The minimum Gasteiger partial charge on any atom is -0.475 e. The molecule has 0 aliphatic heterocycles. The molecule has 0 fully saturated rings. The molecule has 2 heterocycles.